The van der Waals surface area contributed by atoms with Gasteiger partial charge in [-0.15, -0.1) is 0 Å². The Morgan fingerprint density at radius 2 is 1.49 bits per heavy atom. The molecular formula is C33H40N2O5S. The molecule has 0 saturated carbocycles. The average Bonchev–Trinajstić information content (AvgIpc) is 3.21. The number of methoxy groups -OCH3 is 1. The Labute approximate surface area is 246 Å². The molecule has 4 rings (SSSR count). The largest absolute Gasteiger partial charge is 0.507 e. The minimum absolute atomic E-state index is 0.193. The molecule has 3 aromatic carbocycles. The number of rotatable bonds is 7. The first-order valence-corrected chi connectivity index (χ1v) is 14.4. The molecule has 1 aromatic heterocycles. The number of carbonyl (C=O) groups is 1. The zero-order valence-electron chi connectivity index (χ0n) is 25.3. The summed E-state index contributed by atoms with van der Waals surface area (Å²) in [4.78, 5) is 18.8. The predicted molar refractivity (Wildman–Crippen MR) is 163 cm³/mol. The van der Waals surface area contributed by atoms with Crippen molar-refractivity contribution in [2.75, 3.05) is 7.11 Å². The third-order valence-electron chi connectivity index (χ3n) is 7.25. The molecule has 8 heteroatoms. The van der Waals surface area contributed by atoms with Gasteiger partial charge >= 0.3 is 5.97 Å². The number of aromatic nitrogens is 2. The predicted octanol–water partition coefficient (Wildman–Crippen LogP) is 6.98. The van der Waals surface area contributed by atoms with E-state index in [-0.39, 0.29) is 17.4 Å². The second-order valence-corrected chi connectivity index (χ2v) is 13.7. The third kappa shape index (κ3) is 6.39. The zero-order chi connectivity index (χ0) is 30.3. The van der Waals surface area contributed by atoms with Gasteiger partial charge in [0.15, 0.2) is 5.60 Å². The molecule has 0 bridgehead atoms. The summed E-state index contributed by atoms with van der Waals surface area (Å²) >= 11 is 1.67. The number of imidazole rings is 1. The number of phenols is 1. The van der Waals surface area contributed by atoms with Crippen molar-refractivity contribution in [3.05, 3.63) is 77.1 Å². The van der Waals surface area contributed by atoms with Gasteiger partial charge in [0.1, 0.15) is 23.9 Å². The minimum Gasteiger partial charge on any atom is -0.507 e. The van der Waals surface area contributed by atoms with E-state index in [1.165, 1.54) is 14.0 Å². The monoisotopic (exact) mass is 576 g/mol. The molecule has 0 aliphatic heterocycles. The highest BCUT2D eigenvalue weighted by atomic mass is 32.2. The average molecular weight is 577 g/mol. The Bertz CT molecular complexity index is 1540. The molecule has 41 heavy (non-hydrogen) atoms. The van der Waals surface area contributed by atoms with Crippen molar-refractivity contribution in [2.24, 2.45) is 7.05 Å². The second-order valence-electron chi connectivity index (χ2n) is 12.6. The van der Waals surface area contributed by atoms with Crippen LogP contribution >= 0.6 is 11.8 Å². The molecule has 0 radical (unpaired) electrons. The van der Waals surface area contributed by atoms with Crippen molar-refractivity contribution in [3.63, 3.8) is 0 Å². The van der Waals surface area contributed by atoms with Crippen LogP contribution in [0.25, 0.3) is 11.0 Å². The number of phenolic OH excluding ortho intramolecular Hbond substituents is 1. The number of benzene rings is 3. The van der Waals surface area contributed by atoms with Crippen molar-refractivity contribution in [1.82, 2.24) is 9.55 Å². The number of hydrogen-bond donors (Lipinski definition) is 2. The molecule has 4 aromatic rings. The van der Waals surface area contributed by atoms with Crippen LogP contribution < -0.4 is 4.74 Å². The SMILES string of the molecule is COC(=O)C(C)(O)c1ccc(OCc2nc3ccc(Sc4cc(C(C)(C)C)c(O)c(C(C)(C)C)c4)cc3n2C)cc1. The summed E-state index contributed by atoms with van der Waals surface area (Å²) in [5, 5.41) is 21.5. The van der Waals surface area contributed by atoms with Crippen LogP contribution in [0.4, 0.5) is 0 Å². The Kier molecular flexibility index (Phi) is 8.22. The van der Waals surface area contributed by atoms with Crippen molar-refractivity contribution >= 4 is 28.8 Å². The van der Waals surface area contributed by atoms with Crippen LogP contribution in [0.3, 0.4) is 0 Å². The highest BCUT2D eigenvalue weighted by molar-refractivity contribution is 7.99. The molecule has 218 valence electrons. The lowest BCUT2D eigenvalue weighted by Crippen LogP contribution is -2.33. The van der Waals surface area contributed by atoms with Crippen LogP contribution in [0.2, 0.25) is 0 Å². The lowest BCUT2D eigenvalue weighted by molar-refractivity contribution is -0.161. The Morgan fingerprint density at radius 3 is 2.02 bits per heavy atom. The summed E-state index contributed by atoms with van der Waals surface area (Å²) in [6.45, 7) is 14.4. The smallest absolute Gasteiger partial charge is 0.342 e. The number of aromatic hydroxyl groups is 1. The number of esters is 1. The topological polar surface area (TPSA) is 93.8 Å². The number of hydrogen-bond acceptors (Lipinski definition) is 7. The van der Waals surface area contributed by atoms with Crippen molar-refractivity contribution in [3.8, 4) is 11.5 Å². The minimum atomic E-state index is -1.73. The van der Waals surface area contributed by atoms with Crippen molar-refractivity contribution < 1.29 is 24.5 Å². The molecule has 1 atom stereocenters. The summed E-state index contributed by atoms with van der Waals surface area (Å²) in [5.41, 5.74) is 2.04. The number of aliphatic hydroxyl groups is 1. The number of fused-ring (bicyclic) bond motifs is 1. The molecule has 0 aliphatic rings. The molecule has 2 N–H and O–H groups in total. The Balaban J connectivity index is 1.56. The molecule has 1 unspecified atom stereocenters. The normalized spacial score (nSPS) is 13.7. The number of aryl methyl sites for hydroxylation is 1. The maximum absolute atomic E-state index is 11.9. The maximum Gasteiger partial charge on any atom is 0.342 e. The van der Waals surface area contributed by atoms with E-state index in [2.05, 4.69) is 70.5 Å². The Morgan fingerprint density at radius 1 is 0.902 bits per heavy atom. The number of ether oxygens (including phenoxy) is 2. The van der Waals surface area contributed by atoms with Gasteiger partial charge in [0.25, 0.3) is 0 Å². The fourth-order valence-corrected chi connectivity index (χ4v) is 5.63. The van der Waals surface area contributed by atoms with E-state index in [0.717, 1.165) is 37.8 Å². The van der Waals surface area contributed by atoms with E-state index in [4.69, 9.17) is 9.72 Å². The van der Waals surface area contributed by atoms with Crippen molar-refractivity contribution in [1.29, 1.82) is 0 Å². The van der Waals surface area contributed by atoms with Crippen LogP contribution in [-0.2, 0) is 39.6 Å². The molecule has 0 spiro atoms. The van der Waals surface area contributed by atoms with Gasteiger partial charge in [0, 0.05) is 28.0 Å². The van der Waals surface area contributed by atoms with E-state index in [1.54, 1.807) is 36.0 Å². The summed E-state index contributed by atoms with van der Waals surface area (Å²) in [5.74, 6) is 1.01. The Hall–Kier alpha value is -3.49. The van der Waals surface area contributed by atoms with E-state index in [0.29, 0.717) is 17.1 Å². The van der Waals surface area contributed by atoms with Crippen LogP contribution in [0.15, 0.2) is 64.4 Å². The van der Waals surface area contributed by atoms with E-state index < -0.39 is 11.6 Å². The van der Waals surface area contributed by atoms with Gasteiger partial charge < -0.3 is 24.3 Å². The highest BCUT2D eigenvalue weighted by Crippen LogP contribution is 2.43. The molecule has 0 amide bonds. The maximum atomic E-state index is 11.9. The summed E-state index contributed by atoms with van der Waals surface area (Å²) in [6, 6.07) is 17.1. The van der Waals surface area contributed by atoms with Gasteiger partial charge in [-0.2, -0.15) is 0 Å². The first kappa shape index (κ1) is 30.5. The lowest BCUT2D eigenvalue weighted by Gasteiger charge is -2.28. The lowest BCUT2D eigenvalue weighted by atomic mass is 9.79. The fourth-order valence-electron chi connectivity index (χ4n) is 4.70. The molecule has 0 aliphatic carbocycles. The van der Waals surface area contributed by atoms with Gasteiger partial charge in [-0.1, -0.05) is 65.4 Å². The summed E-state index contributed by atoms with van der Waals surface area (Å²) in [6.07, 6.45) is 0. The quantitative estimate of drug-likeness (QED) is 0.229. The van der Waals surface area contributed by atoms with Crippen LogP contribution in [0.1, 0.15) is 71.0 Å². The van der Waals surface area contributed by atoms with Gasteiger partial charge in [-0.25, -0.2) is 9.78 Å². The summed E-state index contributed by atoms with van der Waals surface area (Å²) < 4.78 is 12.7. The van der Waals surface area contributed by atoms with E-state index >= 15 is 0 Å². The zero-order valence-corrected chi connectivity index (χ0v) is 26.1. The van der Waals surface area contributed by atoms with Crippen LogP contribution in [-0.4, -0.2) is 32.8 Å². The third-order valence-corrected chi connectivity index (χ3v) is 8.21. The van der Waals surface area contributed by atoms with Gasteiger partial charge in [0.2, 0.25) is 0 Å². The molecular weight excluding hydrogens is 536 g/mol. The van der Waals surface area contributed by atoms with Gasteiger partial charge in [-0.3, -0.25) is 0 Å². The van der Waals surface area contributed by atoms with Gasteiger partial charge in [0.05, 0.1) is 18.1 Å². The molecule has 1 heterocycles. The number of nitrogens with zero attached hydrogens (tertiary/aromatic N) is 2. The standard InChI is InChI=1S/C33H40N2O5S/c1-31(2,3)24-16-23(17-25(29(24)36)32(4,5)6)41-22-14-15-26-27(18-22)35(8)28(34-26)19-40-21-12-10-20(11-13-21)33(7,38)30(37)39-9/h10-18,36,38H,19H2,1-9H3. The van der Waals surface area contributed by atoms with Crippen molar-refractivity contribution in [2.45, 2.75) is 81.3 Å². The molecule has 7 nitrogen and oxygen atoms in total. The number of carbonyl (C=O) groups excluding carboxylic acids is 1. The first-order valence-electron chi connectivity index (χ1n) is 13.6. The first-order chi connectivity index (χ1) is 19.0. The van der Waals surface area contributed by atoms with Gasteiger partial charge in [-0.05, 0) is 65.8 Å². The highest BCUT2D eigenvalue weighted by Gasteiger charge is 2.33. The van der Waals surface area contributed by atoms with E-state index in [9.17, 15) is 15.0 Å². The summed E-state index contributed by atoms with van der Waals surface area (Å²) in [7, 11) is 3.21. The second kappa shape index (κ2) is 11.1. The molecule has 0 fully saturated rings. The fraction of sp³-hybridized carbons (Fsp3) is 0.394. The van der Waals surface area contributed by atoms with Crippen LogP contribution in [0, 0.1) is 0 Å². The molecule has 0 saturated heterocycles. The van der Waals surface area contributed by atoms with Crippen LogP contribution in [0.5, 0.6) is 11.5 Å². The van der Waals surface area contributed by atoms with E-state index in [1.807, 2.05) is 17.7 Å².